The van der Waals surface area contributed by atoms with E-state index in [1.165, 1.54) is 0 Å². The number of aromatic nitrogens is 2. The van der Waals surface area contributed by atoms with E-state index in [4.69, 9.17) is 5.73 Å². The van der Waals surface area contributed by atoms with Crippen molar-refractivity contribution in [3.8, 4) is 0 Å². The fourth-order valence-corrected chi connectivity index (χ4v) is 1.09. The predicted octanol–water partition coefficient (Wildman–Crippen LogP) is 0.847. The van der Waals surface area contributed by atoms with Crippen molar-refractivity contribution in [2.24, 2.45) is 0 Å². The van der Waals surface area contributed by atoms with Gasteiger partial charge in [0.2, 0.25) is 0 Å². The first kappa shape index (κ1) is 6.90. The normalized spacial score (nSPS) is 10.4. The van der Waals surface area contributed by atoms with Crippen LogP contribution in [0.1, 0.15) is 0 Å². The van der Waals surface area contributed by atoms with E-state index in [0.29, 0.717) is 16.7 Å². The Morgan fingerprint density at radius 1 is 1.33 bits per heavy atom. The van der Waals surface area contributed by atoms with Gasteiger partial charge in [0.1, 0.15) is 0 Å². The SMILES string of the molecule is CNc1ccc(N)c2nonc12. The van der Waals surface area contributed by atoms with Crippen LogP contribution >= 0.6 is 0 Å². The van der Waals surface area contributed by atoms with E-state index in [-0.39, 0.29) is 0 Å². The number of nitrogens with one attached hydrogen (secondary N) is 1. The molecule has 62 valence electrons. The van der Waals surface area contributed by atoms with Crippen molar-refractivity contribution in [1.82, 2.24) is 10.3 Å². The number of hydrogen-bond donors (Lipinski definition) is 2. The molecule has 0 aliphatic heterocycles. The van der Waals surface area contributed by atoms with Gasteiger partial charge in [-0.3, -0.25) is 0 Å². The molecule has 5 heteroatoms. The molecule has 0 aliphatic rings. The van der Waals surface area contributed by atoms with Crippen LogP contribution < -0.4 is 11.1 Å². The maximum atomic E-state index is 5.63. The first-order chi connectivity index (χ1) is 5.83. The van der Waals surface area contributed by atoms with Crippen molar-refractivity contribution < 1.29 is 4.63 Å². The summed E-state index contributed by atoms with van der Waals surface area (Å²) in [6.45, 7) is 0. The van der Waals surface area contributed by atoms with Gasteiger partial charge in [0, 0.05) is 7.05 Å². The molecule has 0 bridgehead atoms. The number of nitrogens with two attached hydrogens (primary N) is 1. The van der Waals surface area contributed by atoms with Crippen LogP contribution in [0.15, 0.2) is 16.8 Å². The molecule has 0 spiro atoms. The zero-order valence-electron chi connectivity index (χ0n) is 6.53. The van der Waals surface area contributed by atoms with Crippen molar-refractivity contribution in [3.05, 3.63) is 12.1 Å². The Labute approximate surface area is 68.5 Å². The Morgan fingerprint density at radius 2 is 2.08 bits per heavy atom. The maximum Gasteiger partial charge on any atom is 0.160 e. The lowest BCUT2D eigenvalue weighted by Gasteiger charge is -1.99. The second kappa shape index (κ2) is 2.37. The molecule has 0 unspecified atom stereocenters. The zero-order valence-corrected chi connectivity index (χ0v) is 6.53. The lowest BCUT2D eigenvalue weighted by molar-refractivity contribution is 0.316. The maximum absolute atomic E-state index is 5.63. The lowest BCUT2D eigenvalue weighted by atomic mass is 10.2. The summed E-state index contributed by atoms with van der Waals surface area (Å²) in [6, 6.07) is 3.60. The molecule has 5 nitrogen and oxygen atoms in total. The average molecular weight is 164 g/mol. The second-order valence-electron chi connectivity index (χ2n) is 2.41. The fourth-order valence-electron chi connectivity index (χ4n) is 1.09. The Kier molecular flexibility index (Phi) is 1.36. The molecule has 2 aromatic rings. The van der Waals surface area contributed by atoms with Gasteiger partial charge in [0.25, 0.3) is 0 Å². The van der Waals surface area contributed by atoms with Crippen molar-refractivity contribution in [3.63, 3.8) is 0 Å². The quantitative estimate of drug-likeness (QED) is 0.611. The summed E-state index contributed by atoms with van der Waals surface area (Å²) in [5.41, 5.74) is 8.33. The van der Waals surface area contributed by atoms with Gasteiger partial charge in [0.15, 0.2) is 11.0 Å². The molecular weight excluding hydrogens is 156 g/mol. The first-order valence-corrected chi connectivity index (χ1v) is 3.51. The van der Waals surface area contributed by atoms with E-state index < -0.39 is 0 Å². The molecule has 0 saturated carbocycles. The van der Waals surface area contributed by atoms with Gasteiger partial charge in [0.05, 0.1) is 11.4 Å². The van der Waals surface area contributed by atoms with E-state index in [2.05, 4.69) is 20.3 Å². The molecule has 0 saturated heterocycles. The average Bonchev–Trinajstić information content (AvgIpc) is 2.54. The summed E-state index contributed by atoms with van der Waals surface area (Å²) in [5.74, 6) is 0. The Morgan fingerprint density at radius 3 is 2.83 bits per heavy atom. The highest BCUT2D eigenvalue weighted by Gasteiger charge is 2.07. The Bertz CT molecular complexity index is 409. The lowest BCUT2D eigenvalue weighted by Crippen LogP contribution is -1.92. The molecule has 2 rings (SSSR count). The molecular formula is C7H8N4O. The molecule has 12 heavy (non-hydrogen) atoms. The summed E-state index contributed by atoms with van der Waals surface area (Å²) in [4.78, 5) is 0. The Hall–Kier alpha value is -1.78. The van der Waals surface area contributed by atoms with Crippen LogP contribution in [0.3, 0.4) is 0 Å². The van der Waals surface area contributed by atoms with E-state index in [1.807, 2.05) is 6.07 Å². The second-order valence-corrected chi connectivity index (χ2v) is 2.41. The first-order valence-electron chi connectivity index (χ1n) is 3.51. The van der Waals surface area contributed by atoms with E-state index in [0.717, 1.165) is 5.69 Å². The predicted molar refractivity (Wildman–Crippen MR) is 45.8 cm³/mol. The number of anilines is 2. The summed E-state index contributed by atoms with van der Waals surface area (Å²) in [6.07, 6.45) is 0. The van der Waals surface area contributed by atoms with Gasteiger partial charge in [-0.05, 0) is 22.4 Å². The standard InChI is InChI=1S/C7H8N4O/c1-9-5-3-2-4(8)6-7(5)11-12-10-6/h2-3,9H,8H2,1H3. The van der Waals surface area contributed by atoms with Crippen LogP contribution in [0.4, 0.5) is 11.4 Å². The van der Waals surface area contributed by atoms with Gasteiger partial charge in [-0.25, -0.2) is 4.63 Å². The molecule has 0 radical (unpaired) electrons. The highest BCUT2D eigenvalue weighted by Crippen LogP contribution is 2.24. The van der Waals surface area contributed by atoms with Gasteiger partial charge in [-0.1, -0.05) is 0 Å². The third-order valence-electron chi connectivity index (χ3n) is 1.72. The number of nitrogen functional groups attached to an aromatic ring is 1. The molecule has 0 aliphatic carbocycles. The summed E-state index contributed by atoms with van der Waals surface area (Å²) in [5, 5.41) is 10.4. The number of rotatable bonds is 1. The van der Waals surface area contributed by atoms with Crippen molar-refractivity contribution in [2.75, 3.05) is 18.1 Å². The topological polar surface area (TPSA) is 77.0 Å². The van der Waals surface area contributed by atoms with E-state index in [9.17, 15) is 0 Å². The molecule has 0 atom stereocenters. The highest BCUT2D eigenvalue weighted by atomic mass is 16.6. The van der Waals surface area contributed by atoms with Crippen molar-refractivity contribution in [1.29, 1.82) is 0 Å². The summed E-state index contributed by atoms with van der Waals surface area (Å²) < 4.78 is 4.57. The van der Waals surface area contributed by atoms with Crippen LogP contribution in [0, 0.1) is 0 Å². The largest absolute Gasteiger partial charge is 0.397 e. The minimum Gasteiger partial charge on any atom is -0.397 e. The van der Waals surface area contributed by atoms with Gasteiger partial charge < -0.3 is 11.1 Å². The van der Waals surface area contributed by atoms with Gasteiger partial charge in [-0.15, -0.1) is 0 Å². The zero-order chi connectivity index (χ0) is 8.55. The minimum absolute atomic E-state index is 0.574. The Balaban J connectivity index is 2.82. The monoisotopic (exact) mass is 164 g/mol. The van der Waals surface area contributed by atoms with Crippen LogP contribution in [-0.4, -0.2) is 17.4 Å². The number of hydrogen-bond acceptors (Lipinski definition) is 5. The molecule has 1 heterocycles. The van der Waals surface area contributed by atoms with E-state index in [1.54, 1.807) is 13.1 Å². The third-order valence-corrected chi connectivity index (χ3v) is 1.72. The third kappa shape index (κ3) is 0.795. The smallest absolute Gasteiger partial charge is 0.160 e. The van der Waals surface area contributed by atoms with Crippen LogP contribution in [0.25, 0.3) is 11.0 Å². The molecule has 0 amide bonds. The molecule has 3 N–H and O–H groups in total. The van der Waals surface area contributed by atoms with E-state index >= 15 is 0 Å². The number of benzene rings is 1. The van der Waals surface area contributed by atoms with Crippen LogP contribution in [0.2, 0.25) is 0 Å². The van der Waals surface area contributed by atoms with Crippen LogP contribution in [0.5, 0.6) is 0 Å². The molecule has 0 fully saturated rings. The number of nitrogens with zero attached hydrogens (tertiary/aromatic N) is 2. The summed E-state index contributed by atoms with van der Waals surface area (Å²) >= 11 is 0. The molecule has 1 aromatic heterocycles. The van der Waals surface area contributed by atoms with Crippen molar-refractivity contribution >= 4 is 22.4 Å². The minimum atomic E-state index is 0.574. The highest BCUT2D eigenvalue weighted by molar-refractivity contribution is 5.94. The van der Waals surface area contributed by atoms with Crippen molar-refractivity contribution in [2.45, 2.75) is 0 Å². The summed E-state index contributed by atoms with van der Waals surface area (Å²) in [7, 11) is 1.81. The molecule has 1 aromatic carbocycles. The van der Waals surface area contributed by atoms with Gasteiger partial charge >= 0.3 is 0 Å². The number of fused-ring (bicyclic) bond motifs is 1. The van der Waals surface area contributed by atoms with Crippen LogP contribution in [-0.2, 0) is 0 Å². The fraction of sp³-hybridized carbons (Fsp3) is 0.143. The van der Waals surface area contributed by atoms with Gasteiger partial charge in [-0.2, -0.15) is 0 Å².